The zero-order valence-corrected chi connectivity index (χ0v) is 12.0. The first-order chi connectivity index (χ1) is 9.74. The van der Waals surface area contributed by atoms with E-state index >= 15 is 0 Å². The van der Waals surface area contributed by atoms with Gasteiger partial charge in [0.1, 0.15) is 0 Å². The number of rotatable bonds is 4. The Balaban J connectivity index is 1.64. The highest BCUT2D eigenvalue weighted by Crippen LogP contribution is 2.23. The number of para-hydroxylation sites is 1. The fourth-order valence-electron chi connectivity index (χ4n) is 3.27. The van der Waals surface area contributed by atoms with Crippen LogP contribution in [0.3, 0.4) is 0 Å². The zero-order chi connectivity index (χ0) is 13.9. The first kappa shape index (κ1) is 13.2. The lowest BCUT2D eigenvalue weighted by Gasteiger charge is -2.11. The van der Waals surface area contributed by atoms with E-state index in [4.69, 9.17) is 0 Å². The van der Waals surface area contributed by atoms with Crippen molar-refractivity contribution in [1.29, 1.82) is 0 Å². The molecule has 0 radical (unpaired) electrons. The second kappa shape index (κ2) is 5.70. The Morgan fingerprint density at radius 1 is 1.30 bits per heavy atom. The maximum absolute atomic E-state index is 12.0. The van der Waals surface area contributed by atoms with Crippen LogP contribution >= 0.6 is 0 Å². The van der Waals surface area contributed by atoms with E-state index in [9.17, 15) is 4.79 Å². The van der Waals surface area contributed by atoms with Crippen molar-refractivity contribution in [2.24, 2.45) is 0 Å². The van der Waals surface area contributed by atoms with Crippen molar-refractivity contribution >= 4 is 16.8 Å². The Kier molecular flexibility index (Phi) is 3.77. The number of nitrogens with one attached hydrogen (secondary N) is 2. The Bertz CT molecular complexity index is 608. The Hall–Kier alpha value is -1.77. The summed E-state index contributed by atoms with van der Waals surface area (Å²) in [7, 11) is 0. The molecule has 2 aromatic rings. The van der Waals surface area contributed by atoms with Crippen LogP contribution in [0.2, 0.25) is 0 Å². The molecule has 0 bridgehead atoms. The van der Waals surface area contributed by atoms with Gasteiger partial charge in [-0.05, 0) is 37.8 Å². The summed E-state index contributed by atoms with van der Waals surface area (Å²) in [6.07, 6.45) is 6.21. The van der Waals surface area contributed by atoms with Crippen molar-refractivity contribution in [3.63, 3.8) is 0 Å². The van der Waals surface area contributed by atoms with E-state index in [2.05, 4.69) is 35.4 Å². The molecule has 0 aliphatic heterocycles. The van der Waals surface area contributed by atoms with Gasteiger partial charge in [-0.15, -0.1) is 0 Å². The highest BCUT2D eigenvalue weighted by molar-refractivity contribution is 5.85. The van der Waals surface area contributed by atoms with Crippen LogP contribution in [0.4, 0.5) is 0 Å². The number of hydrogen-bond donors (Lipinski definition) is 2. The molecule has 0 atom stereocenters. The molecule has 1 saturated carbocycles. The summed E-state index contributed by atoms with van der Waals surface area (Å²) in [5, 5.41) is 4.41. The molecule has 1 fully saturated rings. The normalized spacial score (nSPS) is 15.8. The molecular formula is C17H22N2O. The van der Waals surface area contributed by atoms with E-state index in [0.29, 0.717) is 12.5 Å². The monoisotopic (exact) mass is 270 g/mol. The van der Waals surface area contributed by atoms with Crippen LogP contribution in [0.25, 0.3) is 10.9 Å². The molecule has 1 heterocycles. The van der Waals surface area contributed by atoms with E-state index in [1.807, 2.05) is 6.07 Å². The number of carbonyl (C=O) groups excluding carboxylic acids is 1. The lowest BCUT2D eigenvalue weighted by atomic mass is 10.1. The lowest BCUT2D eigenvalue weighted by molar-refractivity contribution is -0.121. The van der Waals surface area contributed by atoms with Crippen molar-refractivity contribution in [3.05, 3.63) is 35.5 Å². The van der Waals surface area contributed by atoms with E-state index in [0.717, 1.165) is 24.8 Å². The van der Waals surface area contributed by atoms with Crippen LogP contribution in [0.1, 0.15) is 43.4 Å². The van der Waals surface area contributed by atoms with E-state index in [1.165, 1.54) is 29.5 Å². The molecule has 3 heteroatoms. The molecule has 20 heavy (non-hydrogen) atoms. The number of amides is 1. The van der Waals surface area contributed by atoms with Crippen molar-refractivity contribution in [3.8, 4) is 0 Å². The third-order valence-electron chi connectivity index (χ3n) is 4.35. The van der Waals surface area contributed by atoms with Gasteiger partial charge < -0.3 is 10.3 Å². The van der Waals surface area contributed by atoms with Gasteiger partial charge in [-0.3, -0.25) is 4.79 Å². The maximum atomic E-state index is 12.0. The first-order valence-corrected chi connectivity index (χ1v) is 7.59. The maximum Gasteiger partial charge on any atom is 0.220 e. The van der Waals surface area contributed by atoms with Crippen LogP contribution in [-0.2, 0) is 11.2 Å². The van der Waals surface area contributed by atoms with Crippen molar-refractivity contribution < 1.29 is 4.79 Å². The number of benzene rings is 1. The van der Waals surface area contributed by atoms with Crippen molar-refractivity contribution in [2.45, 2.75) is 51.5 Å². The average Bonchev–Trinajstić information content (AvgIpc) is 3.03. The molecule has 1 aromatic heterocycles. The average molecular weight is 270 g/mol. The third kappa shape index (κ3) is 2.72. The second-order valence-corrected chi connectivity index (χ2v) is 5.82. The van der Waals surface area contributed by atoms with Gasteiger partial charge in [-0.1, -0.05) is 31.0 Å². The van der Waals surface area contributed by atoms with Crippen LogP contribution in [0.5, 0.6) is 0 Å². The highest BCUT2D eigenvalue weighted by atomic mass is 16.1. The van der Waals surface area contributed by atoms with Gasteiger partial charge in [0.15, 0.2) is 0 Å². The van der Waals surface area contributed by atoms with Crippen molar-refractivity contribution in [2.75, 3.05) is 0 Å². The van der Waals surface area contributed by atoms with Gasteiger partial charge in [0, 0.05) is 29.1 Å². The Labute approximate surface area is 119 Å². The van der Waals surface area contributed by atoms with Gasteiger partial charge in [-0.2, -0.15) is 0 Å². The fraction of sp³-hybridized carbons (Fsp3) is 0.471. The van der Waals surface area contributed by atoms with E-state index in [-0.39, 0.29) is 5.91 Å². The van der Waals surface area contributed by atoms with Gasteiger partial charge in [0.05, 0.1) is 0 Å². The molecule has 1 aliphatic carbocycles. The van der Waals surface area contributed by atoms with Gasteiger partial charge in [-0.25, -0.2) is 0 Å². The predicted molar refractivity (Wildman–Crippen MR) is 81.8 cm³/mol. The van der Waals surface area contributed by atoms with Gasteiger partial charge >= 0.3 is 0 Å². The molecule has 2 N–H and O–H groups in total. The molecule has 3 nitrogen and oxygen atoms in total. The molecular weight excluding hydrogens is 248 g/mol. The number of fused-ring (bicyclic) bond motifs is 1. The summed E-state index contributed by atoms with van der Waals surface area (Å²) in [5.41, 5.74) is 3.62. The van der Waals surface area contributed by atoms with Crippen LogP contribution in [0.15, 0.2) is 24.3 Å². The quantitative estimate of drug-likeness (QED) is 0.878. The minimum atomic E-state index is 0.196. The van der Waals surface area contributed by atoms with E-state index < -0.39 is 0 Å². The molecule has 0 spiro atoms. The standard InChI is InChI=1S/C17H22N2O/c1-12-14(15-8-4-5-9-16(15)18-12)10-11-17(20)19-13-6-2-3-7-13/h4-5,8-9,13,18H,2-3,6-7,10-11H2,1H3,(H,19,20). The van der Waals surface area contributed by atoms with Crippen LogP contribution in [0, 0.1) is 6.92 Å². The lowest BCUT2D eigenvalue weighted by Crippen LogP contribution is -2.32. The summed E-state index contributed by atoms with van der Waals surface area (Å²) in [4.78, 5) is 15.4. The van der Waals surface area contributed by atoms with Gasteiger partial charge in [0.2, 0.25) is 5.91 Å². The molecule has 3 rings (SSSR count). The molecule has 1 aromatic carbocycles. The molecule has 0 saturated heterocycles. The number of aromatic nitrogens is 1. The predicted octanol–water partition coefficient (Wildman–Crippen LogP) is 3.47. The summed E-state index contributed by atoms with van der Waals surface area (Å²) in [6, 6.07) is 8.73. The van der Waals surface area contributed by atoms with Gasteiger partial charge in [0.25, 0.3) is 0 Å². The highest BCUT2D eigenvalue weighted by Gasteiger charge is 2.17. The first-order valence-electron chi connectivity index (χ1n) is 7.59. The van der Waals surface area contributed by atoms with E-state index in [1.54, 1.807) is 0 Å². The summed E-state index contributed by atoms with van der Waals surface area (Å²) >= 11 is 0. The topological polar surface area (TPSA) is 44.9 Å². The summed E-state index contributed by atoms with van der Waals surface area (Å²) in [6.45, 7) is 2.09. The SMILES string of the molecule is Cc1[nH]c2ccccc2c1CCC(=O)NC1CCCC1. The largest absolute Gasteiger partial charge is 0.358 e. The number of aryl methyl sites for hydroxylation is 2. The Morgan fingerprint density at radius 3 is 2.85 bits per heavy atom. The summed E-state index contributed by atoms with van der Waals surface area (Å²) in [5.74, 6) is 0.196. The molecule has 1 aliphatic rings. The zero-order valence-electron chi connectivity index (χ0n) is 12.0. The molecule has 0 unspecified atom stereocenters. The number of carbonyl (C=O) groups is 1. The number of H-pyrrole nitrogens is 1. The third-order valence-corrected chi connectivity index (χ3v) is 4.35. The molecule has 106 valence electrons. The second-order valence-electron chi connectivity index (χ2n) is 5.82. The number of aromatic amines is 1. The minimum Gasteiger partial charge on any atom is -0.358 e. The van der Waals surface area contributed by atoms with Crippen molar-refractivity contribution in [1.82, 2.24) is 10.3 Å². The number of hydrogen-bond acceptors (Lipinski definition) is 1. The minimum absolute atomic E-state index is 0.196. The Morgan fingerprint density at radius 2 is 2.05 bits per heavy atom. The molecule has 1 amide bonds. The van der Waals surface area contributed by atoms with Crippen LogP contribution in [-0.4, -0.2) is 16.9 Å². The smallest absolute Gasteiger partial charge is 0.220 e. The van der Waals surface area contributed by atoms with Crippen LogP contribution < -0.4 is 5.32 Å². The fourth-order valence-corrected chi connectivity index (χ4v) is 3.27. The summed E-state index contributed by atoms with van der Waals surface area (Å²) < 4.78 is 0.